The number of rotatable bonds is 1. The number of hydrogen-bond donors (Lipinski definition) is 0. The molecule has 0 saturated heterocycles. The highest BCUT2D eigenvalue weighted by molar-refractivity contribution is 5.64. The Balaban J connectivity index is 2.49. The summed E-state index contributed by atoms with van der Waals surface area (Å²) in [5.74, 6) is -0.590. The van der Waals surface area contributed by atoms with Crippen LogP contribution in [0, 0.1) is 18.6 Å². The molecule has 2 heteroatoms. The summed E-state index contributed by atoms with van der Waals surface area (Å²) in [6.45, 7) is 1.83. The van der Waals surface area contributed by atoms with Crippen molar-refractivity contribution in [2.45, 2.75) is 6.92 Å². The van der Waals surface area contributed by atoms with Crippen LogP contribution in [0.4, 0.5) is 8.78 Å². The molecule has 2 aromatic carbocycles. The van der Waals surface area contributed by atoms with E-state index in [1.165, 1.54) is 18.2 Å². The average molecular weight is 204 g/mol. The smallest absolute Gasteiger partial charge is 0.131 e. The Morgan fingerprint density at radius 2 is 1.53 bits per heavy atom. The fourth-order valence-corrected chi connectivity index (χ4v) is 1.48. The van der Waals surface area contributed by atoms with Gasteiger partial charge >= 0.3 is 0 Å². The number of halogens is 2. The van der Waals surface area contributed by atoms with Crippen LogP contribution in [-0.2, 0) is 0 Å². The first kappa shape index (κ1) is 9.84. The second-order valence-electron chi connectivity index (χ2n) is 3.49. The number of benzene rings is 2. The zero-order valence-electron chi connectivity index (χ0n) is 8.30. The molecule has 15 heavy (non-hydrogen) atoms. The third kappa shape index (κ3) is 2.04. The van der Waals surface area contributed by atoms with Crippen molar-refractivity contribution in [3.8, 4) is 11.1 Å². The third-order valence-corrected chi connectivity index (χ3v) is 2.28. The molecule has 0 nitrogen and oxygen atoms in total. The Bertz CT molecular complexity index is 472. The van der Waals surface area contributed by atoms with Crippen LogP contribution in [-0.4, -0.2) is 0 Å². The first-order valence-corrected chi connectivity index (χ1v) is 4.69. The topological polar surface area (TPSA) is 0 Å². The maximum absolute atomic E-state index is 13.5. The first-order chi connectivity index (χ1) is 7.16. The fraction of sp³-hybridized carbons (Fsp3) is 0.0769. The molecule has 0 radical (unpaired) electrons. The largest absolute Gasteiger partial charge is 0.207 e. The van der Waals surface area contributed by atoms with E-state index in [1.54, 1.807) is 18.2 Å². The van der Waals surface area contributed by atoms with Gasteiger partial charge in [0.1, 0.15) is 11.6 Å². The quantitative estimate of drug-likeness (QED) is 0.660. The van der Waals surface area contributed by atoms with Crippen molar-refractivity contribution in [3.05, 3.63) is 59.7 Å². The molecule has 0 aliphatic rings. The molecule has 0 N–H and O–H groups in total. The van der Waals surface area contributed by atoms with E-state index in [9.17, 15) is 8.78 Å². The minimum atomic E-state index is -0.314. The maximum atomic E-state index is 13.5. The molecule has 0 fully saturated rings. The van der Waals surface area contributed by atoms with Gasteiger partial charge in [0.2, 0.25) is 0 Å². The Labute approximate surface area is 87.2 Å². The van der Waals surface area contributed by atoms with Gasteiger partial charge in [0.05, 0.1) is 0 Å². The second kappa shape index (κ2) is 3.81. The predicted molar refractivity (Wildman–Crippen MR) is 56.5 cm³/mol. The Hall–Kier alpha value is -1.70. The highest BCUT2D eigenvalue weighted by Crippen LogP contribution is 2.23. The summed E-state index contributed by atoms with van der Waals surface area (Å²) in [7, 11) is 0. The van der Waals surface area contributed by atoms with E-state index in [0.29, 0.717) is 11.1 Å². The first-order valence-electron chi connectivity index (χ1n) is 4.69. The molecule has 0 unspecified atom stereocenters. The average Bonchev–Trinajstić information content (AvgIpc) is 2.20. The molecule has 2 aromatic rings. The Morgan fingerprint density at radius 3 is 2.13 bits per heavy atom. The van der Waals surface area contributed by atoms with Gasteiger partial charge in [0.25, 0.3) is 0 Å². The van der Waals surface area contributed by atoms with Gasteiger partial charge in [0, 0.05) is 5.56 Å². The molecule has 0 aromatic heterocycles. The molecule has 0 amide bonds. The van der Waals surface area contributed by atoms with E-state index in [-0.39, 0.29) is 11.6 Å². The third-order valence-electron chi connectivity index (χ3n) is 2.28. The summed E-state index contributed by atoms with van der Waals surface area (Å²) in [5.41, 5.74) is 2.06. The van der Waals surface area contributed by atoms with Gasteiger partial charge in [-0.2, -0.15) is 0 Å². The predicted octanol–water partition coefficient (Wildman–Crippen LogP) is 3.94. The van der Waals surface area contributed by atoms with Crippen molar-refractivity contribution in [1.82, 2.24) is 0 Å². The van der Waals surface area contributed by atoms with E-state index in [2.05, 4.69) is 0 Å². The van der Waals surface area contributed by atoms with Crippen molar-refractivity contribution >= 4 is 0 Å². The minimum Gasteiger partial charge on any atom is -0.207 e. The van der Waals surface area contributed by atoms with Crippen molar-refractivity contribution in [2.75, 3.05) is 0 Å². The van der Waals surface area contributed by atoms with Crippen molar-refractivity contribution in [2.24, 2.45) is 0 Å². The molecular weight excluding hydrogens is 194 g/mol. The monoisotopic (exact) mass is 204 g/mol. The second-order valence-corrected chi connectivity index (χ2v) is 3.49. The fourth-order valence-electron chi connectivity index (χ4n) is 1.48. The summed E-state index contributed by atoms with van der Waals surface area (Å²) in [6.07, 6.45) is 0. The van der Waals surface area contributed by atoms with Gasteiger partial charge in [-0.1, -0.05) is 24.3 Å². The van der Waals surface area contributed by atoms with Gasteiger partial charge < -0.3 is 0 Å². The lowest BCUT2D eigenvalue weighted by Gasteiger charge is -2.04. The molecule has 0 heterocycles. The number of hydrogen-bond acceptors (Lipinski definition) is 0. The number of aryl methyl sites for hydroxylation is 1. The van der Waals surface area contributed by atoms with Gasteiger partial charge in [-0.05, 0) is 36.2 Å². The van der Waals surface area contributed by atoms with Gasteiger partial charge in [-0.25, -0.2) is 8.78 Å². The molecule has 0 atom stereocenters. The summed E-state index contributed by atoms with van der Waals surface area (Å²) >= 11 is 0. The van der Waals surface area contributed by atoms with Crippen LogP contribution in [0.15, 0.2) is 42.5 Å². The SMILES string of the molecule is Cc1ccc(-c2ccc(F)cc2)c(F)c1. The normalized spacial score (nSPS) is 10.3. The van der Waals surface area contributed by atoms with Crippen LogP contribution in [0.2, 0.25) is 0 Å². The summed E-state index contributed by atoms with van der Waals surface area (Å²) in [4.78, 5) is 0. The lowest BCUT2D eigenvalue weighted by molar-refractivity contribution is 0.625. The lowest BCUT2D eigenvalue weighted by atomic mass is 10.0. The molecule has 0 aliphatic heterocycles. The van der Waals surface area contributed by atoms with E-state index in [0.717, 1.165) is 5.56 Å². The van der Waals surface area contributed by atoms with Crippen molar-refractivity contribution < 1.29 is 8.78 Å². The Morgan fingerprint density at radius 1 is 0.867 bits per heavy atom. The molecule has 2 rings (SSSR count). The molecule has 0 spiro atoms. The van der Waals surface area contributed by atoms with Crippen molar-refractivity contribution in [1.29, 1.82) is 0 Å². The zero-order chi connectivity index (χ0) is 10.8. The van der Waals surface area contributed by atoms with Gasteiger partial charge in [0.15, 0.2) is 0 Å². The van der Waals surface area contributed by atoms with Crippen LogP contribution in [0.1, 0.15) is 5.56 Å². The Kier molecular flexibility index (Phi) is 2.50. The highest BCUT2D eigenvalue weighted by Gasteiger charge is 2.04. The standard InChI is InChI=1S/C13H10F2/c1-9-2-7-12(13(15)8-9)10-3-5-11(14)6-4-10/h2-8H,1H3. The maximum Gasteiger partial charge on any atom is 0.131 e. The van der Waals surface area contributed by atoms with E-state index >= 15 is 0 Å². The van der Waals surface area contributed by atoms with Crippen LogP contribution < -0.4 is 0 Å². The zero-order valence-corrected chi connectivity index (χ0v) is 8.30. The van der Waals surface area contributed by atoms with E-state index in [1.807, 2.05) is 13.0 Å². The lowest BCUT2D eigenvalue weighted by Crippen LogP contribution is -1.85. The van der Waals surface area contributed by atoms with Crippen LogP contribution in [0.3, 0.4) is 0 Å². The van der Waals surface area contributed by atoms with Crippen molar-refractivity contribution in [3.63, 3.8) is 0 Å². The molecule has 76 valence electrons. The molecule has 0 saturated carbocycles. The van der Waals surface area contributed by atoms with Crippen LogP contribution in [0.5, 0.6) is 0 Å². The van der Waals surface area contributed by atoms with E-state index < -0.39 is 0 Å². The summed E-state index contributed by atoms with van der Waals surface area (Å²) < 4.78 is 26.2. The minimum absolute atomic E-state index is 0.276. The molecule has 0 aliphatic carbocycles. The summed E-state index contributed by atoms with van der Waals surface area (Å²) in [6, 6.07) is 10.8. The van der Waals surface area contributed by atoms with Gasteiger partial charge in [-0.3, -0.25) is 0 Å². The highest BCUT2D eigenvalue weighted by atomic mass is 19.1. The van der Waals surface area contributed by atoms with Gasteiger partial charge in [-0.15, -0.1) is 0 Å². The summed E-state index contributed by atoms with van der Waals surface area (Å²) in [5, 5.41) is 0. The molecule has 0 bridgehead atoms. The van der Waals surface area contributed by atoms with E-state index in [4.69, 9.17) is 0 Å². The van der Waals surface area contributed by atoms with Crippen LogP contribution >= 0.6 is 0 Å². The van der Waals surface area contributed by atoms with Crippen LogP contribution in [0.25, 0.3) is 11.1 Å². The molecular formula is C13H10F2.